The molecule has 0 aliphatic heterocycles. The van der Waals surface area contributed by atoms with Gasteiger partial charge in [0, 0.05) is 78.7 Å². The number of aromatic nitrogens is 4. The van der Waals surface area contributed by atoms with E-state index < -0.39 is 0 Å². The van der Waals surface area contributed by atoms with Crippen molar-refractivity contribution >= 4 is 128 Å². The molecular formula is C59H32N4OS2. The number of nitrogens with zero attached hydrogens (tertiary/aromatic N) is 4. The van der Waals surface area contributed by atoms with Crippen LogP contribution in [0.1, 0.15) is 0 Å². The SMILES string of the molecule is c1ccc2cc3c(cc2c1)c1ccccc1n3-c1cc(-c2nc(-c3ccc4sc5ccccc5c4c3)nc(-c3ccc4sc5ccccc5c4c3)n2)c2oc3ccc4ccccc4c3c2c1. The van der Waals surface area contributed by atoms with Gasteiger partial charge in [-0.2, -0.15) is 0 Å². The van der Waals surface area contributed by atoms with Gasteiger partial charge in [0.25, 0.3) is 0 Å². The zero-order chi connectivity index (χ0) is 43.0. The zero-order valence-corrected chi connectivity index (χ0v) is 36.6. The number of furan rings is 1. The fourth-order valence-electron chi connectivity index (χ4n) is 10.3. The van der Waals surface area contributed by atoms with Crippen LogP contribution in [0.2, 0.25) is 0 Å². The summed E-state index contributed by atoms with van der Waals surface area (Å²) >= 11 is 3.62. The van der Waals surface area contributed by atoms with Gasteiger partial charge in [0.1, 0.15) is 11.2 Å². The molecule has 0 bridgehead atoms. The van der Waals surface area contributed by atoms with Crippen LogP contribution in [0, 0.1) is 0 Å². The molecule has 66 heavy (non-hydrogen) atoms. The summed E-state index contributed by atoms with van der Waals surface area (Å²) in [6.45, 7) is 0. The molecule has 15 rings (SSSR count). The molecule has 0 spiro atoms. The summed E-state index contributed by atoms with van der Waals surface area (Å²) in [6.07, 6.45) is 0. The monoisotopic (exact) mass is 876 g/mol. The Balaban J connectivity index is 1.06. The maximum absolute atomic E-state index is 7.03. The van der Waals surface area contributed by atoms with Crippen molar-refractivity contribution < 1.29 is 4.42 Å². The van der Waals surface area contributed by atoms with Gasteiger partial charge in [-0.15, -0.1) is 22.7 Å². The smallest absolute Gasteiger partial charge is 0.167 e. The highest BCUT2D eigenvalue weighted by atomic mass is 32.1. The molecule has 0 aliphatic carbocycles. The molecule has 5 nitrogen and oxygen atoms in total. The van der Waals surface area contributed by atoms with Crippen molar-refractivity contribution in [3.8, 4) is 39.9 Å². The van der Waals surface area contributed by atoms with Crippen molar-refractivity contribution in [2.24, 2.45) is 0 Å². The average molecular weight is 877 g/mol. The van der Waals surface area contributed by atoms with E-state index in [1.54, 1.807) is 0 Å². The number of rotatable bonds is 4. The van der Waals surface area contributed by atoms with Crippen LogP contribution in [-0.4, -0.2) is 19.5 Å². The summed E-state index contributed by atoms with van der Waals surface area (Å²) in [4.78, 5) is 16.3. The Morgan fingerprint density at radius 1 is 0.364 bits per heavy atom. The molecule has 0 aliphatic rings. The van der Waals surface area contributed by atoms with Crippen LogP contribution in [0.5, 0.6) is 0 Å². The van der Waals surface area contributed by atoms with E-state index in [0.29, 0.717) is 17.5 Å². The van der Waals surface area contributed by atoms with Gasteiger partial charge in [0.05, 0.1) is 16.6 Å². The Labute approximate surface area is 384 Å². The highest BCUT2D eigenvalue weighted by Gasteiger charge is 2.23. The van der Waals surface area contributed by atoms with Gasteiger partial charge in [0.2, 0.25) is 0 Å². The van der Waals surface area contributed by atoms with E-state index in [0.717, 1.165) is 66.1 Å². The van der Waals surface area contributed by atoms with Crippen molar-refractivity contribution in [1.29, 1.82) is 0 Å². The quantitative estimate of drug-likeness (QED) is 0.177. The van der Waals surface area contributed by atoms with Crippen molar-refractivity contribution in [3.63, 3.8) is 0 Å². The number of para-hydroxylation sites is 1. The molecule has 0 atom stereocenters. The Morgan fingerprint density at radius 2 is 0.924 bits per heavy atom. The summed E-state index contributed by atoms with van der Waals surface area (Å²) < 4.78 is 14.4. The minimum Gasteiger partial charge on any atom is -0.455 e. The first-order chi connectivity index (χ1) is 32.7. The molecule has 0 amide bonds. The lowest BCUT2D eigenvalue weighted by atomic mass is 10.0. The molecule has 0 unspecified atom stereocenters. The summed E-state index contributed by atoms with van der Waals surface area (Å²) in [7, 11) is 0. The van der Waals surface area contributed by atoms with Gasteiger partial charge in [-0.1, -0.05) is 109 Å². The van der Waals surface area contributed by atoms with E-state index in [1.165, 1.54) is 61.9 Å². The Hall–Kier alpha value is -8.23. The van der Waals surface area contributed by atoms with Gasteiger partial charge < -0.3 is 8.98 Å². The van der Waals surface area contributed by atoms with E-state index >= 15 is 0 Å². The predicted molar refractivity (Wildman–Crippen MR) is 279 cm³/mol. The van der Waals surface area contributed by atoms with Crippen LogP contribution in [0.15, 0.2) is 199 Å². The van der Waals surface area contributed by atoms with Gasteiger partial charge in [0.15, 0.2) is 17.5 Å². The van der Waals surface area contributed by atoms with Crippen LogP contribution in [0.25, 0.3) is 145 Å². The van der Waals surface area contributed by atoms with Crippen molar-refractivity contribution in [3.05, 3.63) is 194 Å². The van der Waals surface area contributed by atoms with Crippen LogP contribution in [0.3, 0.4) is 0 Å². The number of hydrogen-bond donors (Lipinski definition) is 0. The van der Waals surface area contributed by atoms with Gasteiger partial charge >= 0.3 is 0 Å². The largest absolute Gasteiger partial charge is 0.455 e. The van der Waals surface area contributed by atoms with Crippen molar-refractivity contribution in [2.45, 2.75) is 0 Å². The van der Waals surface area contributed by atoms with Crippen molar-refractivity contribution in [1.82, 2.24) is 19.5 Å². The molecule has 5 heterocycles. The van der Waals surface area contributed by atoms with Gasteiger partial charge in [-0.05, 0) is 106 Å². The number of hydrogen-bond acceptors (Lipinski definition) is 6. The molecule has 306 valence electrons. The molecule has 15 aromatic rings. The minimum atomic E-state index is 0.543. The fraction of sp³-hybridized carbons (Fsp3) is 0. The van der Waals surface area contributed by atoms with Crippen LogP contribution in [0.4, 0.5) is 0 Å². The highest BCUT2D eigenvalue weighted by molar-refractivity contribution is 7.26. The van der Waals surface area contributed by atoms with E-state index in [2.05, 4.69) is 199 Å². The molecule has 0 N–H and O–H groups in total. The molecule has 0 radical (unpaired) electrons. The third-order valence-corrected chi connectivity index (χ3v) is 15.7. The molecule has 0 saturated carbocycles. The van der Waals surface area contributed by atoms with E-state index in [4.69, 9.17) is 19.4 Å². The van der Waals surface area contributed by atoms with E-state index in [9.17, 15) is 0 Å². The van der Waals surface area contributed by atoms with Gasteiger partial charge in [-0.3, -0.25) is 0 Å². The predicted octanol–water partition coefficient (Wildman–Crippen LogP) is 16.9. The van der Waals surface area contributed by atoms with Crippen LogP contribution in [-0.2, 0) is 0 Å². The lowest BCUT2D eigenvalue weighted by molar-refractivity contribution is 0.669. The number of benzene rings is 10. The standard InChI is InChI=1S/C59H32N4OS2/c1-2-13-35-30-49-43(27-34(35)12-1)40-15-5-8-18-48(40)63(49)38-31-46-55-39-14-4-3-11-33(39)21-24-50(55)64-56(46)47(32-38)59-61-57(36-22-25-53-44(28-36)41-16-6-9-19-51(41)65-53)60-58(62-59)37-23-26-54-45(29-37)42-17-7-10-20-52(42)66-54/h1-32H. The third kappa shape index (κ3) is 5.29. The summed E-state index contributed by atoms with van der Waals surface area (Å²) in [5.41, 5.74) is 7.44. The summed E-state index contributed by atoms with van der Waals surface area (Å²) in [5, 5.41) is 14.0. The van der Waals surface area contributed by atoms with Crippen LogP contribution < -0.4 is 0 Å². The Morgan fingerprint density at radius 3 is 1.62 bits per heavy atom. The highest BCUT2D eigenvalue weighted by Crippen LogP contribution is 2.44. The first-order valence-corrected chi connectivity index (χ1v) is 23.7. The minimum absolute atomic E-state index is 0.543. The second kappa shape index (κ2) is 13.6. The first kappa shape index (κ1) is 36.1. The van der Waals surface area contributed by atoms with Crippen LogP contribution >= 0.6 is 22.7 Å². The third-order valence-electron chi connectivity index (χ3n) is 13.4. The zero-order valence-electron chi connectivity index (χ0n) is 35.0. The normalized spacial score (nSPS) is 12.2. The van der Waals surface area contributed by atoms with Crippen molar-refractivity contribution in [2.75, 3.05) is 0 Å². The average Bonchev–Trinajstić information content (AvgIpc) is 4.14. The summed E-state index contributed by atoms with van der Waals surface area (Å²) in [5.74, 6) is 1.75. The topological polar surface area (TPSA) is 56.7 Å². The molecule has 7 heteroatoms. The van der Waals surface area contributed by atoms with E-state index in [1.807, 2.05) is 22.7 Å². The second-order valence-corrected chi connectivity index (χ2v) is 19.3. The first-order valence-electron chi connectivity index (χ1n) is 22.1. The maximum Gasteiger partial charge on any atom is 0.167 e. The lowest BCUT2D eigenvalue weighted by Gasteiger charge is -2.13. The molecule has 10 aromatic carbocycles. The van der Waals surface area contributed by atoms with Gasteiger partial charge in [-0.25, -0.2) is 15.0 Å². The molecule has 0 saturated heterocycles. The number of fused-ring (bicyclic) bond motifs is 15. The number of thiophene rings is 2. The molecule has 0 fully saturated rings. The Kier molecular flexibility index (Phi) is 7.47. The molecule has 5 aromatic heterocycles. The van der Waals surface area contributed by atoms with E-state index in [-0.39, 0.29) is 0 Å². The lowest BCUT2D eigenvalue weighted by Crippen LogP contribution is -2.01. The fourth-order valence-corrected chi connectivity index (χ4v) is 12.5. The maximum atomic E-state index is 7.03. The summed E-state index contributed by atoms with van der Waals surface area (Å²) in [6, 6.07) is 69.7. The Bertz CT molecular complexity index is 4420. The molecular weight excluding hydrogens is 845 g/mol. The second-order valence-electron chi connectivity index (χ2n) is 17.1.